The Morgan fingerprint density at radius 1 is 0.797 bits per heavy atom. The van der Waals surface area contributed by atoms with E-state index in [1.807, 2.05) is 0 Å². The van der Waals surface area contributed by atoms with E-state index >= 15 is 0 Å². The summed E-state index contributed by atoms with van der Waals surface area (Å²) in [5.41, 5.74) is 5.43. The number of ether oxygens (including phenoxy) is 3. The fourth-order valence-electron chi connectivity index (χ4n) is 7.45. The van der Waals surface area contributed by atoms with Gasteiger partial charge in [0, 0.05) is 45.6 Å². The molecule has 4 bridgehead atoms. The highest BCUT2D eigenvalue weighted by Gasteiger charge is 2.37. The number of nitrogens with two attached hydrogens (primary N) is 1. The van der Waals surface area contributed by atoms with Gasteiger partial charge in [-0.3, -0.25) is 14.4 Å². The minimum atomic E-state index is -1.37. The normalized spacial score (nSPS) is 19.8. The smallest absolute Gasteiger partial charge is 0.410 e. The van der Waals surface area contributed by atoms with Gasteiger partial charge in [0.2, 0.25) is 17.7 Å². The number of phenols is 2. The predicted molar refractivity (Wildman–Crippen MR) is 239 cm³/mol. The zero-order valence-electron chi connectivity index (χ0n) is 38.8. The van der Waals surface area contributed by atoms with Gasteiger partial charge in [-0.05, 0) is 141 Å². The zero-order valence-corrected chi connectivity index (χ0v) is 38.8. The lowest BCUT2D eigenvalue weighted by atomic mass is 9.95. The Morgan fingerprint density at radius 2 is 1.38 bits per heavy atom. The van der Waals surface area contributed by atoms with Crippen LogP contribution in [0.15, 0.2) is 36.4 Å². The van der Waals surface area contributed by atoms with E-state index in [-0.39, 0.29) is 68.9 Å². The molecule has 2 aliphatic rings. The summed E-state index contributed by atoms with van der Waals surface area (Å²) >= 11 is 0. The van der Waals surface area contributed by atoms with Crippen LogP contribution in [0, 0.1) is 0 Å². The molecule has 2 aromatic carbocycles. The van der Waals surface area contributed by atoms with Crippen LogP contribution >= 0.6 is 0 Å². The third-order valence-corrected chi connectivity index (χ3v) is 10.3. The molecule has 2 aromatic rings. The monoisotopic (exact) mass is 896 g/mol. The second-order valence-electron chi connectivity index (χ2n) is 19.4. The van der Waals surface area contributed by atoms with Crippen molar-refractivity contribution in [3.05, 3.63) is 47.5 Å². The third-order valence-electron chi connectivity index (χ3n) is 10.3. The van der Waals surface area contributed by atoms with Gasteiger partial charge in [-0.2, -0.15) is 0 Å². The lowest BCUT2D eigenvalue weighted by Gasteiger charge is -2.40. The number of phenolic OH excluding ortho intramolecular Hbond substituents is 2. The van der Waals surface area contributed by atoms with Crippen LogP contribution < -0.4 is 27.0 Å². The zero-order chi connectivity index (χ0) is 47.6. The first-order valence-corrected chi connectivity index (χ1v) is 22.0. The number of nitrogens with zero attached hydrogens (tertiary/aromatic N) is 2. The van der Waals surface area contributed by atoms with Crippen LogP contribution in [0.4, 0.5) is 14.4 Å². The van der Waals surface area contributed by atoms with E-state index in [0.29, 0.717) is 29.7 Å². The van der Waals surface area contributed by atoms with Gasteiger partial charge < -0.3 is 61.2 Å². The van der Waals surface area contributed by atoms with E-state index in [1.54, 1.807) is 91.5 Å². The van der Waals surface area contributed by atoms with Gasteiger partial charge in [-0.1, -0.05) is 12.1 Å². The van der Waals surface area contributed by atoms with Crippen LogP contribution in [0.2, 0.25) is 0 Å². The summed E-state index contributed by atoms with van der Waals surface area (Å²) in [4.78, 5) is 85.9. The van der Waals surface area contributed by atoms with Gasteiger partial charge >= 0.3 is 18.3 Å². The summed E-state index contributed by atoms with van der Waals surface area (Å²) in [6.45, 7) is 16.2. The maximum atomic E-state index is 14.9. The van der Waals surface area contributed by atoms with Crippen molar-refractivity contribution in [1.82, 2.24) is 31.1 Å². The highest BCUT2D eigenvalue weighted by molar-refractivity contribution is 5.94. The molecule has 18 nitrogen and oxygen atoms in total. The first kappa shape index (κ1) is 50.9. The molecular weight excluding hydrogens is 827 g/mol. The number of carbonyl (C=O) groups is 6. The van der Waals surface area contributed by atoms with E-state index in [1.165, 1.54) is 17.0 Å². The fraction of sp³-hybridized carbons (Fsp3) is 0.609. The fourth-order valence-corrected chi connectivity index (χ4v) is 7.45. The molecule has 4 rings (SSSR count). The van der Waals surface area contributed by atoms with E-state index in [2.05, 4.69) is 21.3 Å². The molecule has 4 atom stereocenters. The first-order valence-electron chi connectivity index (χ1n) is 22.0. The molecule has 1 saturated heterocycles. The van der Waals surface area contributed by atoms with Crippen LogP contribution in [0.5, 0.6) is 11.5 Å². The summed E-state index contributed by atoms with van der Waals surface area (Å²) in [5, 5.41) is 33.1. The lowest BCUT2D eigenvalue weighted by Crippen LogP contribution is -2.59. The highest BCUT2D eigenvalue weighted by Crippen LogP contribution is 2.32. The summed E-state index contributed by atoms with van der Waals surface area (Å²) < 4.78 is 16.5. The number of amides is 6. The van der Waals surface area contributed by atoms with Crippen LogP contribution in [0.1, 0.15) is 106 Å². The number of piperidine rings is 1. The van der Waals surface area contributed by atoms with Gasteiger partial charge in [0.25, 0.3) is 0 Å². The molecule has 2 heterocycles. The molecule has 0 spiro atoms. The van der Waals surface area contributed by atoms with Gasteiger partial charge in [0.05, 0.1) is 6.04 Å². The van der Waals surface area contributed by atoms with Crippen molar-refractivity contribution in [3.8, 4) is 22.6 Å². The number of alkyl carbamates (subject to hydrolysis) is 2. The number of rotatable bonds is 10. The molecule has 18 heteroatoms. The van der Waals surface area contributed by atoms with E-state index in [9.17, 15) is 39.0 Å². The number of aromatic hydroxyl groups is 2. The van der Waals surface area contributed by atoms with E-state index in [0.717, 1.165) is 12.8 Å². The molecule has 354 valence electrons. The minimum absolute atomic E-state index is 0.0473. The Hall–Kier alpha value is -5.78. The van der Waals surface area contributed by atoms with Crippen molar-refractivity contribution >= 4 is 36.0 Å². The molecule has 8 N–H and O–H groups in total. The van der Waals surface area contributed by atoms with Crippen LogP contribution in [-0.4, -0.2) is 130 Å². The van der Waals surface area contributed by atoms with Gasteiger partial charge in [0.15, 0.2) is 0 Å². The number of carbonyl (C=O) groups excluding carboxylic acids is 6. The molecule has 0 radical (unpaired) electrons. The Morgan fingerprint density at radius 3 is 1.95 bits per heavy atom. The van der Waals surface area contributed by atoms with Crippen molar-refractivity contribution < 1.29 is 53.2 Å². The van der Waals surface area contributed by atoms with E-state index < -0.39 is 77.0 Å². The van der Waals surface area contributed by atoms with Crippen molar-refractivity contribution in [2.45, 2.75) is 148 Å². The number of likely N-dealkylation sites (tertiary alicyclic amines) is 1. The predicted octanol–water partition coefficient (Wildman–Crippen LogP) is 4.61. The molecule has 0 aliphatic carbocycles. The van der Waals surface area contributed by atoms with Crippen LogP contribution in [-0.2, 0) is 41.4 Å². The highest BCUT2D eigenvalue weighted by atomic mass is 16.6. The van der Waals surface area contributed by atoms with Crippen molar-refractivity contribution in [2.24, 2.45) is 5.73 Å². The first-order chi connectivity index (χ1) is 29.8. The quantitative estimate of drug-likeness (QED) is 0.128. The number of fused-ring (bicyclic) bond motifs is 5. The maximum absolute atomic E-state index is 14.9. The van der Waals surface area contributed by atoms with Gasteiger partial charge in [-0.15, -0.1) is 0 Å². The van der Waals surface area contributed by atoms with Crippen molar-refractivity contribution in [2.75, 3.05) is 32.7 Å². The molecule has 0 aromatic heterocycles. The van der Waals surface area contributed by atoms with Crippen LogP contribution in [0.25, 0.3) is 11.1 Å². The molecule has 0 saturated carbocycles. The Balaban J connectivity index is 1.78. The largest absolute Gasteiger partial charge is 0.508 e. The standard InChI is InChI=1S/C46H69N7O11/c1-44(2,3)62-41(59)48-20-12-14-33-38(56)50-35(40(58)52(22-19-47)27-32-13-10-11-21-53(32)43(61)64-46(7,8)9)26-31-24-29(16-18-37(31)55)28-15-17-36(54)30(23-28)25-34(39(57)49-33)51-42(60)63-45(4,5)6/h15-18,23-24,32-35,54-55H,10-14,19-22,25-27,47H2,1-9H3,(H,48,59)(H,49,57)(H,50,56)(H,51,60)/t32?,33-,34-,35-/m0/s1. The Bertz CT molecular complexity index is 1990. The summed E-state index contributed by atoms with van der Waals surface area (Å²) in [6.07, 6.45) is -0.245. The average molecular weight is 896 g/mol. The maximum Gasteiger partial charge on any atom is 0.410 e. The molecule has 64 heavy (non-hydrogen) atoms. The van der Waals surface area contributed by atoms with Gasteiger partial charge in [0.1, 0.15) is 46.4 Å². The lowest BCUT2D eigenvalue weighted by molar-refractivity contribution is -0.138. The average Bonchev–Trinajstić information content (AvgIpc) is 3.17. The van der Waals surface area contributed by atoms with Crippen LogP contribution in [0.3, 0.4) is 0 Å². The number of nitrogens with one attached hydrogen (secondary N) is 4. The number of hydrogen-bond donors (Lipinski definition) is 7. The SMILES string of the molecule is CC(C)(C)OC(=O)NCCC[C@@H]1NC(=O)[C@@H](NC(=O)OC(C)(C)C)Cc2cc(ccc2O)-c2ccc(O)c(c2)C[C@@H](C(=O)N(CCN)CC2CCCCN2C(=O)OC(C)(C)C)NC1=O. The number of benzene rings is 2. The molecule has 6 amide bonds. The summed E-state index contributed by atoms with van der Waals surface area (Å²) in [5.74, 6) is -2.42. The van der Waals surface area contributed by atoms with Crippen molar-refractivity contribution in [3.63, 3.8) is 0 Å². The summed E-state index contributed by atoms with van der Waals surface area (Å²) in [7, 11) is 0. The van der Waals surface area contributed by atoms with Gasteiger partial charge in [-0.25, -0.2) is 14.4 Å². The minimum Gasteiger partial charge on any atom is -0.508 e. The molecule has 1 unspecified atom stereocenters. The molecule has 1 fully saturated rings. The third kappa shape index (κ3) is 15.8. The second kappa shape index (κ2) is 21.7. The van der Waals surface area contributed by atoms with E-state index in [4.69, 9.17) is 19.9 Å². The Kier molecular flexibility index (Phi) is 17.3. The molecule has 2 aliphatic heterocycles. The number of hydrogen-bond acceptors (Lipinski definition) is 12. The topological polar surface area (TPSA) is 251 Å². The second-order valence-corrected chi connectivity index (χ2v) is 19.4. The summed E-state index contributed by atoms with van der Waals surface area (Å²) in [6, 6.07) is 5.11. The Labute approximate surface area is 376 Å². The molecular formula is C46H69N7O11. The van der Waals surface area contributed by atoms with Crippen molar-refractivity contribution in [1.29, 1.82) is 0 Å².